The highest BCUT2D eigenvalue weighted by atomic mass is 16.5. The topological polar surface area (TPSA) is 44.7 Å². The van der Waals surface area contributed by atoms with Crippen LogP contribution in [-0.4, -0.2) is 61.5 Å². The summed E-state index contributed by atoms with van der Waals surface area (Å²) in [5.74, 6) is 1.56. The van der Waals surface area contributed by atoms with E-state index in [0.717, 1.165) is 31.4 Å². The minimum Gasteiger partial charge on any atom is -0.389 e. The van der Waals surface area contributed by atoms with Crippen LogP contribution in [0.1, 0.15) is 39.5 Å². The summed E-state index contributed by atoms with van der Waals surface area (Å²) in [6, 6.07) is 0.577. The molecule has 3 rings (SSSR count). The Labute approximate surface area is 123 Å². The molecule has 4 nitrogen and oxygen atoms in total. The van der Waals surface area contributed by atoms with Gasteiger partial charge in [-0.05, 0) is 50.6 Å². The number of nitrogens with zero attached hydrogens (tertiary/aromatic N) is 1. The van der Waals surface area contributed by atoms with Gasteiger partial charge in [0.1, 0.15) is 0 Å². The molecule has 4 heteroatoms. The minimum atomic E-state index is -0.371. The van der Waals surface area contributed by atoms with Gasteiger partial charge in [-0.15, -0.1) is 0 Å². The maximum atomic E-state index is 9.96. The van der Waals surface area contributed by atoms with Gasteiger partial charge in [-0.1, -0.05) is 13.8 Å². The molecule has 2 N–H and O–H groups in total. The molecule has 0 aromatic carbocycles. The summed E-state index contributed by atoms with van der Waals surface area (Å²) >= 11 is 0. The van der Waals surface area contributed by atoms with Gasteiger partial charge in [0.15, 0.2) is 0 Å². The second-order valence-electron chi connectivity index (χ2n) is 6.92. The third-order valence-corrected chi connectivity index (χ3v) is 4.65. The molecule has 3 fully saturated rings. The third kappa shape index (κ3) is 5.32. The van der Waals surface area contributed by atoms with E-state index in [9.17, 15) is 5.11 Å². The molecule has 20 heavy (non-hydrogen) atoms. The van der Waals surface area contributed by atoms with E-state index in [0.29, 0.717) is 19.2 Å². The van der Waals surface area contributed by atoms with Gasteiger partial charge in [0.05, 0.1) is 12.7 Å². The van der Waals surface area contributed by atoms with Gasteiger partial charge in [-0.25, -0.2) is 0 Å². The summed E-state index contributed by atoms with van der Waals surface area (Å²) in [6.45, 7) is 10.1. The predicted molar refractivity (Wildman–Crippen MR) is 81.9 cm³/mol. The smallest absolute Gasteiger partial charge is 0.0897 e. The number of aliphatic hydroxyl groups is 1. The van der Waals surface area contributed by atoms with Gasteiger partial charge in [0.2, 0.25) is 0 Å². The van der Waals surface area contributed by atoms with E-state index in [2.05, 4.69) is 24.1 Å². The maximum Gasteiger partial charge on any atom is 0.0897 e. The lowest BCUT2D eigenvalue weighted by atomic mass is 9.84. The van der Waals surface area contributed by atoms with Crippen molar-refractivity contribution in [2.45, 2.75) is 51.7 Å². The van der Waals surface area contributed by atoms with Gasteiger partial charge in [-0.3, -0.25) is 0 Å². The maximum absolute atomic E-state index is 9.96. The van der Waals surface area contributed by atoms with Crippen LogP contribution in [0.3, 0.4) is 0 Å². The number of hydrogen-bond donors (Lipinski definition) is 2. The van der Waals surface area contributed by atoms with Crippen LogP contribution in [0, 0.1) is 11.8 Å². The number of hydrogen-bond acceptors (Lipinski definition) is 4. The second kappa shape index (κ2) is 8.32. The van der Waals surface area contributed by atoms with Crippen LogP contribution in [0.4, 0.5) is 0 Å². The molecule has 3 aliphatic heterocycles. The van der Waals surface area contributed by atoms with E-state index in [4.69, 9.17) is 4.74 Å². The molecule has 0 radical (unpaired) electrons. The quantitative estimate of drug-likeness (QED) is 0.630. The summed E-state index contributed by atoms with van der Waals surface area (Å²) in [7, 11) is 0. The van der Waals surface area contributed by atoms with Gasteiger partial charge in [-0.2, -0.15) is 0 Å². The number of rotatable bonds is 9. The van der Waals surface area contributed by atoms with Crippen molar-refractivity contribution in [3.8, 4) is 0 Å². The van der Waals surface area contributed by atoms with E-state index in [1.807, 2.05) is 0 Å². The highest BCUT2D eigenvalue weighted by molar-refractivity contribution is 4.91. The normalized spacial score (nSPS) is 30.9. The standard InChI is InChI=1S/C16H32N2O2/c1-13(2)4-3-9-20-12-15(19)10-17-16-11-18-7-5-14(16)6-8-18/h13-17,19H,3-12H2,1-2H3. The lowest BCUT2D eigenvalue weighted by Crippen LogP contribution is -2.57. The molecule has 2 atom stereocenters. The average Bonchev–Trinajstić information content (AvgIpc) is 2.45. The minimum absolute atomic E-state index is 0.371. The Balaban J connectivity index is 1.51. The molecule has 118 valence electrons. The van der Waals surface area contributed by atoms with Gasteiger partial charge in [0, 0.05) is 25.7 Å². The Morgan fingerprint density at radius 2 is 2.05 bits per heavy atom. The summed E-state index contributed by atoms with van der Waals surface area (Å²) in [6.07, 6.45) is 4.56. The Morgan fingerprint density at radius 3 is 2.65 bits per heavy atom. The Hall–Kier alpha value is -0.160. The monoisotopic (exact) mass is 284 g/mol. The van der Waals surface area contributed by atoms with Crippen LogP contribution in [-0.2, 0) is 4.74 Å². The number of fused-ring (bicyclic) bond motifs is 3. The molecule has 0 spiro atoms. The van der Waals surface area contributed by atoms with Crippen molar-refractivity contribution < 1.29 is 9.84 Å². The third-order valence-electron chi connectivity index (χ3n) is 4.65. The van der Waals surface area contributed by atoms with E-state index < -0.39 is 0 Å². The van der Waals surface area contributed by atoms with Crippen LogP contribution in [0.15, 0.2) is 0 Å². The highest BCUT2D eigenvalue weighted by Gasteiger charge is 2.33. The molecule has 3 saturated heterocycles. The molecular weight excluding hydrogens is 252 g/mol. The van der Waals surface area contributed by atoms with E-state index in [1.165, 1.54) is 32.4 Å². The zero-order valence-electron chi connectivity index (χ0n) is 13.2. The fourth-order valence-electron chi connectivity index (χ4n) is 3.36. The highest BCUT2D eigenvalue weighted by Crippen LogP contribution is 2.27. The van der Waals surface area contributed by atoms with E-state index in [-0.39, 0.29) is 6.10 Å². The number of aliphatic hydroxyl groups excluding tert-OH is 1. The van der Waals surface area contributed by atoms with Crippen LogP contribution in [0.5, 0.6) is 0 Å². The molecule has 0 aromatic heterocycles. The van der Waals surface area contributed by atoms with Gasteiger partial charge >= 0.3 is 0 Å². The zero-order valence-corrected chi connectivity index (χ0v) is 13.2. The van der Waals surface area contributed by atoms with Crippen LogP contribution in [0.25, 0.3) is 0 Å². The first-order valence-corrected chi connectivity index (χ1v) is 8.36. The zero-order chi connectivity index (χ0) is 14.4. The number of piperidine rings is 3. The van der Waals surface area contributed by atoms with Crippen molar-refractivity contribution in [2.24, 2.45) is 11.8 Å². The molecule has 0 amide bonds. The first-order valence-electron chi connectivity index (χ1n) is 8.36. The van der Waals surface area contributed by atoms with Gasteiger partial charge < -0.3 is 20.1 Å². The molecule has 2 unspecified atom stereocenters. The lowest BCUT2D eigenvalue weighted by Gasteiger charge is -2.45. The van der Waals surface area contributed by atoms with Crippen molar-refractivity contribution in [1.82, 2.24) is 10.2 Å². The molecule has 3 heterocycles. The molecular formula is C16H32N2O2. The summed E-state index contributed by atoms with van der Waals surface area (Å²) in [5.41, 5.74) is 0. The largest absolute Gasteiger partial charge is 0.389 e. The fourth-order valence-corrected chi connectivity index (χ4v) is 3.36. The summed E-state index contributed by atoms with van der Waals surface area (Å²) in [5, 5.41) is 13.5. The number of ether oxygens (including phenoxy) is 1. The first-order chi connectivity index (χ1) is 9.65. The first kappa shape index (κ1) is 16.2. The van der Waals surface area contributed by atoms with Gasteiger partial charge in [0.25, 0.3) is 0 Å². The van der Waals surface area contributed by atoms with Crippen LogP contribution < -0.4 is 5.32 Å². The predicted octanol–water partition coefficient (Wildman–Crippen LogP) is 1.48. The van der Waals surface area contributed by atoms with E-state index >= 15 is 0 Å². The SMILES string of the molecule is CC(C)CCCOCC(O)CNC1CN2CCC1CC2. The Bertz CT molecular complexity index is 265. The van der Waals surface area contributed by atoms with Crippen molar-refractivity contribution in [3.05, 3.63) is 0 Å². The Morgan fingerprint density at radius 1 is 1.30 bits per heavy atom. The number of nitrogens with one attached hydrogen (secondary N) is 1. The van der Waals surface area contributed by atoms with Crippen LogP contribution >= 0.6 is 0 Å². The van der Waals surface area contributed by atoms with Crippen molar-refractivity contribution in [3.63, 3.8) is 0 Å². The fraction of sp³-hybridized carbons (Fsp3) is 1.00. The molecule has 0 saturated carbocycles. The van der Waals surface area contributed by atoms with E-state index in [1.54, 1.807) is 0 Å². The molecule has 2 bridgehead atoms. The average molecular weight is 284 g/mol. The second-order valence-corrected chi connectivity index (χ2v) is 6.92. The van der Waals surface area contributed by atoms with Crippen molar-refractivity contribution >= 4 is 0 Å². The molecule has 0 aliphatic carbocycles. The summed E-state index contributed by atoms with van der Waals surface area (Å²) < 4.78 is 5.55. The summed E-state index contributed by atoms with van der Waals surface area (Å²) in [4.78, 5) is 2.53. The molecule has 0 aromatic rings. The van der Waals surface area contributed by atoms with Crippen molar-refractivity contribution in [2.75, 3.05) is 39.4 Å². The lowest BCUT2D eigenvalue weighted by molar-refractivity contribution is 0.0229. The van der Waals surface area contributed by atoms with Crippen LogP contribution in [0.2, 0.25) is 0 Å². The van der Waals surface area contributed by atoms with Crippen molar-refractivity contribution in [1.29, 1.82) is 0 Å². The molecule has 3 aliphatic rings. The Kier molecular flexibility index (Phi) is 6.75.